The summed E-state index contributed by atoms with van der Waals surface area (Å²) >= 11 is 0. The fraction of sp³-hybridized carbons (Fsp3) is 0.562. The summed E-state index contributed by atoms with van der Waals surface area (Å²) in [6, 6.07) is 4.39. The molecular formula is C16H24N2O4S. The Labute approximate surface area is 137 Å². The van der Waals surface area contributed by atoms with Gasteiger partial charge in [0.2, 0.25) is 10.0 Å². The molecule has 23 heavy (non-hydrogen) atoms. The Balaban J connectivity index is 2.38. The van der Waals surface area contributed by atoms with Crippen LogP contribution in [0.2, 0.25) is 0 Å². The summed E-state index contributed by atoms with van der Waals surface area (Å²) in [4.78, 5) is 12.4. The van der Waals surface area contributed by atoms with Crippen molar-refractivity contribution in [1.29, 1.82) is 0 Å². The van der Waals surface area contributed by atoms with E-state index in [9.17, 15) is 13.2 Å². The molecule has 0 saturated carbocycles. The Hall–Kier alpha value is -1.60. The Morgan fingerprint density at radius 1 is 1.22 bits per heavy atom. The SMILES string of the molecule is COc1ccc(S(=O)(=O)N2CCCCC2)cc1C(=O)NC(C)C. The third kappa shape index (κ3) is 4.03. The lowest BCUT2D eigenvalue weighted by atomic mass is 10.2. The zero-order valence-electron chi connectivity index (χ0n) is 13.8. The van der Waals surface area contributed by atoms with E-state index in [1.54, 1.807) is 0 Å². The van der Waals surface area contributed by atoms with Crippen LogP contribution in [0.25, 0.3) is 0 Å². The summed E-state index contributed by atoms with van der Waals surface area (Å²) in [6.45, 7) is 4.75. The van der Waals surface area contributed by atoms with Crippen LogP contribution < -0.4 is 10.1 Å². The van der Waals surface area contributed by atoms with E-state index in [0.717, 1.165) is 19.3 Å². The molecule has 1 amide bonds. The third-order valence-corrected chi connectivity index (χ3v) is 5.68. The van der Waals surface area contributed by atoms with Crippen LogP contribution in [0, 0.1) is 0 Å². The highest BCUT2D eigenvalue weighted by Gasteiger charge is 2.27. The number of ether oxygens (including phenoxy) is 1. The molecule has 1 N–H and O–H groups in total. The van der Waals surface area contributed by atoms with E-state index in [4.69, 9.17) is 4.74 Å². The molecule has 1 aliphatic heterocycles. The molecule has 1 aromatic carbocycles. The molecule has 1 aliphatic rings. The summed E-state index contributed by atoms with van der Waals surface area (Å²) in [5.74, 6) is 0.0216. The molecule has 0 radical (unpaired) electrons. The maximum absolute atomic E-state index is 12.7. The minimum absolute atomic E-state index is 0.0467. The Kier molecular flexibility index (Phi) is 5.64. The van der Waals surface area contributed by atoms with E-state index in [1.165, 1.54) is 29.6 Å². The van der Waals surface area contributed by atoms with Crippen molar-refractivity contribution in [2.24, 2.45) is 0 Å². The normalized spacial score (nSPS) is 16.3. The van der Waals surface area contributed by atoms with Crippen LogP contribution in [-0.4, -0.2) is 44.9 Å². The number of hydrogen-bond acceptors (Lipinski definition) is 4. The molecule has 0 atom stereocenters. The molecule has 2 rings (SSSR count). The predicted molar refractivity (Wildman–Crippen MR) is 88.2 cm³/mol. The van der Waals surface area contributed by atoms with E-state index < -0.39 is 10.0 Å². The second-order valence-electron chi connectivity index (χ2n) is 5.95. The van der Waals surface area contributed by atoms with Gasteiger partial charge in [0.25, 0.3) is 5.91 Å². The Morgan fingerprint density at radius 3 is 2.43 bits per heavy atom. The van der Waals surface area contributed by atoms with Crippen LogP contribution in [0.15, 0.2) is 23.1 Å². The monoisotopic (exact) mass is 340 g/mol. The molecule has 7 heteroatoms. The highest BCUT2D eigenvalue weighted by molar-refractivity contribution is 7.89. The van der Waals surface area contributed by atoms with E-state index in [0.29, 0.717) is 18.8 Å². The molecule has 6 nitrogen and oxygen atoms in total. The summed E-state index contributed by atoms with van der Waals surface area (Å²) in [5.41, 5.74) is 0.235. The number of rotatable bonds is 5. The van der Waals surface area contributed by atoms with Gasteiger partial charge in [-0.3, -0.25) is 4.79 Å². The number of hydrogen-bond donors (Lipinski definition) is 1. The first-order chi connectivity index (χ1) is 10.9. The molecule has 1 aromatic rings. The largest absolute Gasteiger partial charge is 0.496 e. The number of nitrogens with zero attached hydrogens (tertiary/aromatic N) is 1. The van der Waals surface area contributed by atoms with Gasteiger partial charge in [0.05, 0.1) is 17.6 Å². The van der Waals surface area contributed by atoms with Gasteiger partial charge >= 0.3 is 0 Å². The molecular weight excluding hydrogens is 316 g/mol. The predicted octanol–water partition coefficient (Wildman–Crippen LogP) is 2.01. The fourth-order valence-electron chi connectivity index (χ4n) is 2.62. The summed E-state index contributed by atoms with van der Waals surface area (Å²) < 4.78 is 32.2. The van der Waals surface area contributed by atoms with Crippen molar-refractivity contribution in [3.8, 4) is 5.75 Å². The number of nitrogens with one attached hydrogen (secondary N) is 1. The van der Waals surface area contributed by atoms with Crippen molar-refractivity contribution >= 4 is 15.9 Å². The van der Waals surface area contributed by atoms with Crippen molar-refractivity contribution in [3.63, 3.8) is 0 Å². The highest BCUT2D eigenvalue weighted by Crippen LogP contribution is 2.26. The first-order valence-electron chi connectivity index (χ1n) is 7.85. The zero-order chi connectivity index (χ0) is 17.0. The van der Waals surface area contributed by atoms with Gasteiger partial charge < -0.3 is 10.1 Å². The minimum atomic E-state index is -3.57. The first-order valence-corrected chi connectivity index (χ1v) is 9.29. The first kappa shape index (κ1) is 17.7. The number of benzene rings is 1. The van der Waals surface area contributed by atoms with Crippen LogP contribution in [0.4, 0.5) is 0 Å². The topological polar surface area (TPSA) is 75.7 Å². The van der Waals surface area contributed by atoms with E-state index in [1.807, 2.05) is 13.8 Å². The molecule has 0 aromatic heterocycles. The van der Waals surface area contributed by atoms with Crippen LogP contribution >= 0.6 is 0 Å². The van der Waals surface area contributed by atoms with E-state index in [2.05, 4.69) is 5.32 Å². The molecule has 128 valence electrons. The van der Waals surface area contributed by atoms with Gasteiger partial charge in [0, 0.05) is 19.1 Å². The number of sulfonamides is 1. The third-order valence-electron chi connectivity index (χ3n) is 3.79. The van der Waals surface area contributed by atoms with Gasteiger partial charge in [-0.1, -0.05) is 6.42 Å². The van der Waals surface area contributed by atoms with Gasteiger partial charge in [-0.25, -0.2) is 8.42 Å². The molecule has 1 heterocycles. The van der Waals surface area contributed by atoms with Gasteiger partial charge in [-0.15, -0.1) is 0 Å². The lowest BCUT2D eigenvalue weighted by Crippen LogP contribution is -2.36. The lowest BCUT2D eigenvalue weighted by Gasteiger charge is -2.26. The van der Waals surface area contributed by atoms with Crippen LogP contribution in [0.1, 0.15) is 43.5 Å². The molecule has 0 unspecified atom stereocenters. The summed E-state index contributed by atoms with van der Waals surface area (Å²) in [7, 11) is -2.12. The maximum Gasteiger partial charge on any atom is 0.255 e. The minimum Gasteiger partial charge on any atom is -0.496 e. The summed E-state index contributed by atoms with van der Waals surface area (Å²) in [5, 5.41) is 2.76. The van der Waals surface area contributed by atoms with Crippen LogP contribution in [0.5, 0.6) is 5.75 Å². The molecule has 1 saturated heterocycles. The molecule has 0 spiro atoms. The fourth-order valence-corrected chi connectivity index (χ4v) is 4.16. The number of methoxy groups -OCH3 is 1. The van der Waals surface area contributed by atoms with Crippen molar-refractivity contribution in [1.82, 2.24) is 9.62 Å². The number of amides is 1. The van der Waals surface area contributed by atoms with Crippen molar-refractivity contribution in [2.75, 3.05) is 20.2 Å². The van der Waals surface area contributed by atoms with E-state index in [-0.39, 0.29) is 22.4 Å². The van der Waals surface area contributed by atoms with Crippen molar-refractivity contribution in [3.05, 3.63) is 23.8 Å². The zero-order valence-corrected chi connectivity index (χ0v) is 14.6. The second kappa shape index (κ2) is 7.31. The second-order valence-corrected chi connectivity index (χ2v) is 7.89. The summed E-state index contributed by atoms with van der Waals surface area (Å²) in [6.07, 6.45) is 2.79. The lowest BCUT2D eigenvalue weighted by molar-refractivity contribution is 0.0940. The Morgan fingerprint density at radius 2 is 1.87 bits per heavy atom. The van der Waals surface area contributed by atoms with Crippen LogP contribution in [-0.2, 0) is 10.0 Å². The standard InChI is InChI=1S/C16H24N2O4S/c1-12(2)17-16(19)14-11-13(7-8-15(14)22-3)23(20,21)18-9-5-4-6-10-18/h7-8,11-12H,4-6,9-10H2,1-3H3,(H,17,19). The average Bonchev–Trinajstić information content (AvgIpc) is 2.54. The average molecular weight is 340 g/mol. The van der Waals surface area contributed by atoms with Crippen molar-refractivity contribution < 1.29 is 17.9 Å². The molecule has 0 aliphatic carbocycles. The number of carbonyl (C=O) groups is 1. The highest BCUT2D eigenvalue weighted by atomic mass is 32.2. The number of carbonyl (C=O) groups excluding carboxylic acids is 1. The number of piperidine rings is 1. The van der Waals surface area contributed by atoms with Crippen molar-refractivity contribution in [2.45, 2.75) is 44.0 Å². The maximum atomic E-state index is 12.7. The molecule has 0 bridgehead atoms. The van der Waals surface area contributed by atoms with Gasteiger partial charge in [0.15, 0.2) is 0 Å². The van der Waals surface area contributed by atoms with Crippen LogP contribution in [0.3, 0.4) is 0 Å². The van der Waals surface area contributed by atoms with E-state index >= 15 is 0 Å². The molecule has 1 fully saturated rings. The quantitative estimate of drug-likeness (QED) is 0.889. The van der Waals surface area contributed by atoms with Gasteiger partial charge in [0.1, 0.15) is 5.75 Å². The smallest absolute Gasteiger partial charge is 0.255 e. The van der Waals surface area contributed by atoms with Gasteiger partial charge in [-0.05, 0) is 44.9 Å². The Bertz CT molecular complexity index is 665. The van der Waals surface area contributed by atoms with Gasteiger partial charge in [-0.2, -0.15) is 4.31 Å².